The van der Waals surface area contributed by atoms with Gasteiger partial charge in [0, 0.05) is 0 Å². The van der Waals surface area contributed by atoms with E-state index in [-0.39, 0.29) is 0 Å². The van der Waals surface area contributed by atoms with Gasteiger partial charge < -0.3 is 0 Å². The van der Waals surface area contributed by atoms with Crippen LogP contribution in [0.4, 0.5) is 0 Å². The van der Waals surface area contributed by atoms with Crippen molar-refractivity contribution in [3.8, 4) is 33.4 Å². The zero-order valence-electron chi connectivity index (χ0n) is 24.2. The third-order valence-electron chi connectivity index (χ3n) is 9.18. The van der Waals surface area contributed by atoms with Gasteiger partial charge in [-0.1, -0.05) is 140 Å². The van der Waals surface area contributed by atoms with Crippen LogP contribution >= 0.6 is 0 Å². The third kappa shape index (κ3) is 3.92. The first kappa shape index (κ1) is 24.8. The lowest BCUT2D eigenvalue weighted by molar-refractivity contribution is 1.63. The van der Waals surface area contributed by atoms with Gasteiger partial charge in [0.25, 0.3) is 0 Å². The molecule has 0 fully saturated rings. The molecular formula is C44H28. The van der Waals surface area contributed by atoms with E-state index in [0.29, 0.717) is 0 Å². The van der Waals surface area contributed by atoms with Crippen LogP contribution in [0.1, 0.15) is 0 Å². The van der Waals surface area contributed by atoms with E-state index in [1.165, 1.54) is 87.2 Å². The quantitative estimate of drug-likeness (QED) is 0.190. The minimum absolute atomic E-state index is 1.23. The van der Waals surface area contributed by atoms with Crippen LogP contribution < -0.4 is 0 Å². The average molecular weight is 557 g/mol. The van der Waals surface area contributed by atoms with Gasteiger partial charge in [-0.05, 0) is 118 Å². The lowest BCUT2D eigenvalue weighted by Crippen LogP contribution is -1.91. The Kier molecular flexibility index (Phi) is 5.61. The summed E-state index contributed by atoms with van der Waals surface area (Å²) in [5.74, 6) is 0. The monoisotopic (exact) mass is 556 g/mol. The molecule has 0 heterocycles. The van der Waals surface area contributed by atoms with E-state index < -0.39 is 0 Å². The minimum atomic E-state index is 1.23. The van der Waals surface area contributed by atoms with Crippen LogP contribution in [-0.2, 0) is 0 Å². The summed E-state index contributed by atoms with van der Waals surface area (Å²) in [6.07, 6.45) is 0. The SMILES string of the molecule is c1ccc(-c2cc3ccccc3cc2-c2cc3cc(-c4ccc5ccccc5c4)c4ccccc4c3c3ccccc23)cc1. The molecule has 0 unspecified atom stereocenters. The summed E-state index contributed by atoms with van der Waals surface area (Å²) < 4.78 is 0. The molecule has 9 aromatic rings. The van der Waals surface area contributed by atoms with Crippen molar-refractivity contribution in [3.05, 3.63) is 170 Å². The fourth-order valence-electron chi connectivity index (χ4n) is 7.12. The van der Waals surface area contributed by atoms with Gasteiger partial charge >= 0.3 is 0 Å². The Morgan fingerprint density at radius 1 is 0.227 bits per heavy atom. The molecule has 9 rings (SSSR count). The van der Waals surface area contributed by atoms with Crippen LogP contribution in [0.25, 0.3) is 87.2 Å². The van der Waals surface area contributed by atoms with E-state index in [1.54, 1.807) is 0 Å². The topological polar surface area (TPSA) is 0 Å². The molecule has 0 heteroatoms. The summed E-state index contributed by atoms with van der Waals surface area (Å²) in [6, 6.07) is 62.4. The van der Waals surface area contributed by atoms with Gasteiger partial charge in [0.1, 0.15) is 0 Å². The van der Waals surface area contributed by atoms with Gasteiger partial charge in [-0.25, -0.2) is 0 Å². The van der Waals surface area contributed by atoms with Gasteiger partial charge in [-0.3, -0.25) is 0 Å². The molecule has 9 aromatic carbocycles. The predicted molar refractivity (Wildman–Crippen MR) is 190 cm³/mol. The number of rotatable bonds is 3. The van der Waals surface area contributed by atoms with Crippen LogP contribution in [0, 0.1) is 0 Å². The van der Waals surface area contributed by atoms with Gasteiger partial charge in [0.05, 0.1) is 0 Å². The molecule has 0 N–H and O–H groups in total. The Morgan fingerprint density at radius 3 is 1.39 bits per heavy atom. The van der Waals surface area contributed by atoms with E-state index in [9.17, 15) is 0 Å². The Hall–Kier alpha value is -5.72. The maximum atomic E-state index is 2.44. The maximum Gasteiger partial charge on any atom is -0.00259 e. The highest BCUT2D eigenvalue weighted by Gasteiger charge is 2.17. The van der Waals surface area contributed by atoms with Crippen molar-refractivity contribution in [2.75, 3.05) is 0 Å². The second kappa shape index (κ2) is 9.93. The largest absolute Gasteiger partial charge is 0.0622 e. The summed E-state index contributed by atoms with van der Waals surface area (Å²) in [5.41, 5.74) is 7.51. The first-order valence-corrected chi connectivity index (χ1v) is 15.3. The molecule has 0 aromatic heterocycles. The highest BCUT2D eigenvalue weighted by molar-refractivity contribution is 6.26. The molecule has 0 spiro atoms. The smallest absolute Gasteiger partial charge is 0.00259 e. The molecule has 0 aliphatic carbocycles. The first-order chi connectivity index (χ1) is 21.8. The van der Waals surface area contributed by atoms with Crippen LogP contribution in [-0.4, -0.2) is 0 Å². The first-order valence-electron chi connectivity index (χ1n) is 15.3. The summed E-state index contributed by atoms with van der Waals surface area (Å²) in [4.78, 5) is 0. The predicted octanol–water partition coefficient (Wildman–Crippen LogP) is 12.5. The van der Waals surface area contributed by atoms with Gasteiger partial charge in [-0.2, -0.15) is 0 Å². The van der Waals surface area contributed by atoms with Crippen molar-refractivity contribution in [1.82, 2.24) is 0 Å². The standard InChI is InChI=1S/C44H28/c1-2-13-30(14-3-1)40-25-32-16-6-7-17-33(32)26-43(40)42-28-35-27-41(34-23-22-29-12-4-5-15-31(29)24-34)36-18-8-10-20-38(36)44(35)39-21-11-9-19-37(39)42/h1-28H. The Balaban J connectivity index is 1.41. The molecule has 0 atom stereocenters. The van der Waals surface area contributed by atoms with E-state index in [4.69, 9.17) is 0 Å². The fraction of sp³-hybridized carbons (Fsp3) is 0. The van der Waals surface area contributed by atoms with Crippen LogP contribution in [0.5, 0.6) is 0 Å². The van der Waals surface area contributed by atoms with Crippen molar-refractivity contribution in [1.29, 1.82) is 0 Å². The van der Waals surface area contributed by atoms with Gasteiger partial charge in [-0.15, -0.1) is 0 Å². The molecule has 44 heavy (non-hydrogen) atoms. The van der Waals surface area contributed by atoms with E-state index in [0.717, 1.165) is 0 Å². The lowest BCUT2D eigenvalue weighted by Gasteiger charge is -2.18. The average Bonchev–Trinajstić information content (AvgIpc) is 3.10. The van der Waals surface area contributed by atoms with Crippen molar-refractivity contribution >= 4 is 53.9 Å². The summed E-state index contributed by atoms with van der Waals surface area (Å²) in [7, 11) is 0. The summed E-state index contributed by atoms with van der Waals surface area (Å²) >= 11 is 0. The Labute approximate surface area is 256 Å². The third-order valence-corrected chi connectivity index (χ3v) is 9.18. The maximum absolute atomic E-state index is 2.44. The normalized spacial score (nSPS) is 11.6. The van der Waals surface area contributed by atoms with Gasteiger partial charge in [0.15, 0.2) is 0 Å². The number of hydrogen-bond acceptors (Lipinski definition) is 0. The minimum Gasteiger partial charge on any atom is -0.0622 e. The van der Waals surface area contributed by atoms with E-state index in [2.05, 4.69) is 170 Å². The Bertz CT molecular complexity index is 2540. The van der Waals surface area contributed by atoms with Crippen molar-refractivity contribution in [2.45, 2.75) is 0 Å². The van der Waals surface area contributed by atoms with Crippen LogP contribution in [0.2, 0.25) is 0 Å². The van der Waals surface area contributed by atoms with Crippen molar-refractivity contribution in [3.63, 3.8) is 0 Å². The zero-order chi connectivity index (χ0) is 29.0. The molecule has 0 nitrogen and oxygen atoms in total. The molecule has 0 radical (unpaired) electrons. The number of hydrogen-bond donors (Lipinski definition) is 0. The molecular weight excluding hydrogens is 528 g/mol. The molecule has 0 saturated heterocycles. The molecule has 204 valence electrons. The van der Waals surface area contributed by atoms with Crippen molar-refractivity contribution < 1.29 is 0 Å². The lowest BCUT2D eigenvalue weighted by atomic mass is 9.85. The van der Waals surface area contributed by atoms with Crippen molar-refractivity contribution in [2.24, 2.45) is 0 Å². The molecule has 0 aliphatic heterocycles. The zero-order valence-corrected chi connectivity index (χ0v) is 24.2. The van der Waals surface area contributed by atoms with Crippen LogP contribution in [0.3, 0.4) is 0 Å². The highest BCUT2D eigenvalue weighted by atomic mass is 14.2. The van der Waals surface area contributed by atoms with Crippen LogP contribution in [0.15, 0.2) is 170 Å². The second-order valence-electron chi connectivity index (χ2n) is 11.7. The van der Waals surface area contributed by atoms with Gasteiger partial charge in [0.2, 0.25) is 0 Å². The number of fused-ring (bicyclic) bond motifs is 7. The Morgan fingerprint density at radius 2 is 0.705 bits per heavy atom. The summed E-state index contributed by atoms with van der Waals surface area (Å²) in [5, 5.41) is 12.7. The summed E-state index contributed by atoms with van der Waals surface area (Å²) in [6.45, 7) is 0. The molecule has 0 aliphatic rings. The molecule has 0 saturated carbocycles. The fourth-order valence-corrected chi connectivity index (χ4v) is 7.12. The van der Waals surface area contributed by atoms with E-state index in [1.807, 2.05) is 0 Å². The number of benzene rings is 9. The molecule has 0 amide bonds. The van der Waals surface area contributed by atoms with E-state index >= 15 is 0 Å². The highest BCUT2D eigenvalue weighted by Crippen LogP contribution is 2.45. The second-order valence-corrected chi connectivity index (χ2v) is 11.7. The molecule has 0 bridgehead atoms.